The number of hydrogen-bond donors (Lipinski definition) is 1. The minimum Gasteiger partial charge on any atom is -0.493 e. The molecule has 0 aliphatic rings. The van der Waals surface area contributed by atoms with E-state index < -0.39 is 6.10 Å². The summed E-state index contributed by atoms with van der Waals surface area (Å²) in [5.41, 5.74) is 0.900. The largest absolute Gasteiger partial charge is 0.493 e. The molecule has 0 amide bonds. The number of hydrogen-bond acceptors (Lipinski definition) is 3. The zero-order chi connectivity index (χ0) is 11.8. The van der Waals surface area contributed by atoms with E-state index in [1.807, 2.05) is 24.3 Å². The molecule has 0 saturated carbocycles. The van der Waals surface area contributed by atoms with E-state index in [1.165, 1.54) is 0 Å². The second kappa shape index (κ2) is 7.58. The van der Waals surface area contributed by atoms with Crippen molar-refractivity contribution in [2.45, 2.75) is 26.4 Å². The minimum absolute atomic E-state index is 0.432. The Balaban J connectivity index is 2.68. The van der Waals surface area contributed by atoms with Gasteiger partial charge in [0.05, 0.1) is 12.7 Å². The Morgan fingerprint density at radius 3 is 2.75 bits per heavy atom. The Morgan fingerprint density at radius 1 is 1.31 bits per heavy atom. The molecule has 0 aliphatic carbocycles. The molecule has 1 aromatic carbocycles. The number of aliphatic hydroxyl groups excluding tert-OH is 1. The molecule has 1 atom stereocenters. The van der Waals surface area contributed by atoms with Crippen molar-refractivity contribution in [3.05, 3.63) is 29.8 Å². The lowest BCUT2D eigenvalue weighted by molar-refractivity contribution is 0.195. The monoisotopic (exact) mass is 240 g/mol. The van der Waals surface area contributed by atoms with Crippen molar-refractivity contribution in [2.75, 3.05) is 18.1 Å². The summed E-state index contributed by atoms with van der Waals surface area (Å²) in [4.78, 5) is 0. The molecule has 3 heteroatoms. The molecular formula is C13H20O2S. The summed E-state index contributed by atoms with van der Waals surface area (Å²) in [5, 5.41) is 10.0. The molecule has 0 bridgehead atoms. The van der Waals surface area contributed by atoms with Crippen molar-refractivity contribution in [1.82, 2.24) is 0 Å². The van der Waals surface area contributed by atoms with Gasteiger partial charge in [-0.25, -0.2) is 0 Å². The van der Waals surface area contributed by atoms with Crippen LogP contribution in [-0.2, 0) is 0 Å². The van der Waals surface area contributed by atoms with Crippen molar-refractivity contribution in [3.63, 3.8) is 0 Å². The number of ether oxygens (including phenoxy) is 1. The Kier molecular flexibility index (Phi) is 6.34. The van der Waals surface area contributed by atoms with Crippen LogP contribution in [0, 0.1) is 0 Å². The van der Waals surface area contributed by atoms with E-state index in [2.05, 4.69) is 13.8 Å². The molecule has 0 fully saturated rings. The van der Waals surface area contributed by atoms with Crippen LogP contribution in [0.1, 0.15) is 31.9 Å². The zero-order valence-corrected chi connectivity index (χ0v) is 10.8. The SMILES string of the molecule is CCCOc1ccccc1C(O)CSCC. The van der Waals surface area contributed by atoms with E-state index in [0.717, 1.165) is 29.2 Å². The molecule has 0 aliphatic heterocycles. The Morgan fingerprint density at radius 2 is 2.06 bits per heavy atom. The maximum absolute atomic E-state index is 10.0. The molecule has 0 saturated heterocycles. The molecule has 90 valence electrons. The lowest BCUT2D eigenvalue weighted by Gasteiger charge is -2.15. The highest BCUT2D eigenvalue weighted by atomic mass is 32.2. The Hall–Kier alpha value is -0.670. The van der Waals surface area contributed by atoms with Gasteiger partial charge in [0.2, 0.25) is 0 Å². The molecule has 1 aromatic rings. The van der Waals surface area contributed by atoms with Gasteiger partial charge in [-0.15, -0.1) is 0 Å². The summed E-state index contributed by atoms with van der Waals surface area (Å²) in [6.07, 6.45) is 0.548. The maximum atomic E-state index is 10.0. The van der Waals surface area contributed by atoms with Gasteiger partial charge < -0.3 is 9.84 Å². The lowest BCUT2D eigenvalue weighted by Crippen LogP contribution is -2.05. The van der Waals surface area contributed by atoms with E-state index in [4.69, 9.17) is 4.74 Å². The van der Waals surface area contributed by atoms with Crippen molar-refractivity contribution in [2.24, 2.45) is 0 Å². The van der Waals surface area contributed by atoms with Crippen molar-refractivity contribution in [1.29, 1.82) is 0 Å². The van der Waals surface area contributed by atoms with E-state index in [0.29, 0.717) is 6.61 Å². The first kappa shape index (κ1) is 13.4. The van der Waals surface area contributed by atoms with Crippen molar-refractivity contribution >= 4 is 11.8 Å². The van der Waals surface area contributed by atoms with Gasteiger partial charge in [-0.05, 0) is 18.2 Å². The zero-order valence-electron chi connectivity index (χ0n) is 9.98. The topological polar surface area (TPSA) is 29.5 Å². The van der Waals surface area contributed by atoms with E-state index in [-0.39, 0.29) is 0 Å². The smallest absolute Gasteiger partial charge is 0.125 e. The van der Waals surface area contributed by atoms with Crippen LogP contribution in [0.2, 0.25) is 0 Å². The number of thioether (sulfide) groups is 1. The van der Waals surface area contributed by atoms with Gasteiger partial charge in [0, 0.05) is 11.3 Å². The molecule has 0 radical (unpaired) electrons. The second-order valence-corrected chi connectivity index (χ2v) is 4.88. The van der Waals surface area contributed by atoms with Crippen LogP contribution in [0.25, 0.3) is 0 Å². The summed E-state index contributed by atoms with van der Waals surface area (Å²) < 4.78 is 5.62. The molecular weight excluding hydrogens is 220 g/mol. The average Bonchev–Trinajstić information content (AvgIpc) is 2.33. The molecule has 0 spiro atoms. The fraction of sp³-hybridized carbons (Fsp3) is 0.538. The quantitative estimate of drug-likeness (QED) is 0.793. The van der Waals surface area contributed by atoms with Gasteiger partial charge in [-0.3, -0.25) is 0 Å². The average molecular weight is 240 g/mol. The predicted octanol–water partition coefficient (Wildman–Crippen LogP) is 3.26. The standard InChI is InChI=1S/C13H20O2S/c1-3-9-15-13-8-6-5-7-11(13)12(14)10-16-4-2/h5-8,12,14H,3-4,9-10H2,1-2H3. The molecule has 1 N–H and O–H groups in total. The molecule has 16 heavy (non-hydrogen) atoms. The molecule has 0 heterocycles. The van der Waals surface area contributed by atoms with Crippen molar-refractivity contribution < 1.29 is 9.84 Å². The first-order chi connectivity index (χ1) is 7.79. The highest BCUT2D eigenvalue weighted by Gasteiger charge is 2.12. The molecule has 2 nitrogen and oxygen atoms in total. The summed E-state index contributed by atoms with van der Waals surface area (Å²) in [6, 6.07) is 7.73. The maximum Gasteiger partial charge on any atom is 0.125 e. The van der Waals surface area contributed by atoms with Crippen LogP contribution in [0.4, 0.5) is 0 Å². The second-order valence-electron chi connectivity index (χ2n) is 3.56. The molecule has 1 unspecified atom stereocenters. The number of para-hydroxylation sites is 1. The van der Waals surface area contributed by atoms with E-state index in [1.54, 1.807) is 11.8 Å². The van der Waals surface area contributed by atoms with Crippen LogP contribution in [-0.4, -0.2) is 23.2 Å². The van der Waals surface area contributed by atoms with Gasteiger partial charge in [0.25, 0.3) is 0 Å². The number of aliphatic hydroxyl groups is 1. The summed E-state index contributed by atoms with van der Waals surface area (Å²) in [5.74, 6) is 2.56. The fourth-order valence-corrected chi connectivity index (χ4v) is 2.06. The Bertz CT molecular complexity index is 302. The summed E-state index contributed by atoms with van der Waals surface area (Å²) in [6.45, 7) is 4.87. The first-order valence-corrected chi connectivity index (χ1v) is 6.92. The van der Waals surface area contributed by atoms with Gasteiger partial charge in [0.1, 0.15) is 5.75 Å². The minimum atomic E-state index is -0.432. The van der Waals surface area contributed by atoms with Crippen LogP contribution < -0.4 is 4.74 Å². The van der Waals surface area contributed by atoms with Gasteiger partial charge in [-0.2, -0.15) is 11.8 Å². The van der Waals surface area contributed by atoms with Crippen LogP contribution in [0.5, 0.6) is 5.75 Å². The molecule has 1 rings (SSSR count). The van der Waals surface area contributed by atoms with Gasteiger partial charge in [-0.1, -0.05) is 32.0 Å². The third kappa shape index (κ3) is 4.06. The van der Waals surface area contributed by atoms with Gasteiger partial charge >= 0.3 is 0 Å². The predicted molar refractivity (Wildman–Crippen MR) is 70.2 cm³/mol. The normalized spacial score (nSPS) is 12.4. The summed E-state index contributed by atoms with van der Waals surface area (Å²) >= 11 is 1.74. The summed E-state index contributed by atoms with van der Waals surface area (Å²) in [7, 11) is 0. The van der Waals surface area contributed by atoms with E-state index in [9.17, 15) is 5.11 Å². The Labute approximate surface area is 102 Å². The third-order valence-corrected chi connectivity index (χ3v) is 3.18. The number of benzene rings is 1. The first-order valence-electron chi connectivity index (χ1n) is 5.77. The highest BCUT2D eigenvalue weighted by molar-refractivity contribution is 7.99. The number of rotatable bonds is 7. The third-order valence-electron chi connectivity index (χ3n) is 2.22. The van der Waals surface area contributed by atoms with Crippen LogP contribution in [0.3, 0.4) is 0 Å². The van der Waals surface area contributed by atoms with E-state index >= 15 is 0 Å². The van der Waals surface area contributed by atoms with Crippen molar-refractivity contribution in [3.8, 4) is 5.75 Å². The highest BCUT2D eigenvalue weighted by Crippen LogP contribution is 2.27. The molecule has 0 aromatic heterocycles. The van der Waals surface area contributed by atoms with Crippen LogP contribution >= 0.6 is 11.8 Å². The fourth-order valence-electron chi connectivity index (χ4n) is 1.42. The van der Waals surface area contributed by atoms with Crippen LogP contribution in [0.15, 0.2) is 24.3 Å². The lowest BCUT2D eigenvalue weighted by atomic mass is 10.1. The van der Waals surface area contributed by atoms with Gasteiger partial charge in [0.15, 0.2) is 0 Å².